The number of fused-ring (bicyclic) bond motifs is 2. The topological polar surface area (TPSA) is 22.9 Å². The van der Waals surface area contributed by atoms with Crippen molar-refractivity contribution in [3.8, 4) is 5.75 Å². The average molecular weight is 355 g/mol. The minimum absolute atomic E-state index is 0.273. The summed E-state index contributed by atoms with van der Waals surface area (Å²) in [5, 5.41) is 1.27. The summed E-state index contributed by atoms with van der Waals surface area (Å²) in [7, 11) is 0. The maximum atomic E-state index is 6.68. The fraction of sp³-hybridized carbons (Fsp3) is 0.556. The molecule has 0 spiro atoms. The summed E-state index contributed by atoms with van der Waals surface area (Å²) in [6.45, 7) is 3.57. The van der Waals surface area contributed by atoms with Crippen LogP contribution in [0.1, 0.15) is 37.7 Å². The zero-order chi connectivity index (χ0) is 15.9. The van der Waals surface area contributed by atoms with E-state index >= 15 is 0 Å². The Labute approximate surface area is 147 Å². The van der Waals surface area contributed by atoms with Crippen LogP contribution in [-0.4, -0.2) is 32.0 Å². The van der Waals surface area contributed by atoms with Gasteiger partial charge in [-0.25, -0.2) is 0 Å². The second kappa shape index (κ2) is 6.29. The van der Waals surface area contributed by atoms with Gasteiger partial charge < -0.3 is 9.47 Å². The third-order valence-corrected chi connectivity index (χ3v) is 5.80. The van der Waals surface area contributed by atoms with E-state index in [1.165, 1.54) is 29.7 Å². The Morgan fingerprint density at radius 2 is 1.87 bits per heavy atom. The molecular weight excluding hydrogens is 333 g/mol. The molecule has 3 aliphatic rings. The smallest absolute Gasteiger partial charge is 0.264 e. The second-order valence-electron chi connectivity index (χ2n) is 6.68. The molecule has 3 nitrogen and oxygen atoms in total. The summed E-state index contributed by atoms with van der Waals surface area (Å²) in [5.74, 6) is 0.792. The van der Waals surface area contributed by atoms with Gasteiger partial charge in [0.05, 0.1) is 18.2 Å². The van der Waals surface area contributed by atoms with Crippen molar-refractivity contribution < 1.29 is 14.4 Å². The molecule has 1 saturated heterocycles. The van der Waals surface area contributed by atoms with Gasteiger partial charge in [-0.3, -0.25) is 4.90 Å². The number of halogens is 2. The summed E-state index contributed by atoms with van der Waals surface area (Å²) < 4.78 is 12.2. The van der Waals surface area contributed by atoms with E-state index in [-0.39, 0.29) is 5.72 Å². The Morgan fingerprint density at radius 1 is 1.04 bits per heavy atom. The van der Waals surface area contributed by atoms with E-state index in [1.807, 2.05) is 6.07 Å². The van der Waals surface area contributed by atoms with Gasteiger partial charge in [0.15, 0.2) is 5.75 Å². The first-order valence-electron chi connectivity index (χ1n) is 8.51. The molecule has 0 aromatic heterocycles. The van der Waals surface area contributed by atoms with E-state index in [1.54, 1.807) is 6.07 Å². The van der Waals surface area contributed by atoms with Crippen molar-refractivity contribution in [1.82, 2.24) is 0 Å². The molecule has 2 heterocycles. The molecule has 2 fully saturated rings. The lowest BCUT2D eigenvalue weighted by molar-refractivity contribution is -0.974. The molecule has 0 bridgehead atoms. The monoisotopic (exact) mass is 354 g/mol. The Balaban J connectivity index is 1.81. The van der Waals surface area contributed by atoms with Crippen molar-refractivity contribution in [3.63, 3.8) is 0 Å². The zero-order valence-electron chi connectivity index (χ0n) is 13.2. The molecule has 1 saturated carbocycles. The number of hydrogen-bond acceptors (Lipinski definition) is 2. The highest BCUT2D eigenvalue weighted by Gasteiger charge is 2.50. The van der Waals surface area contributed by atoms with Crippen molar-refractivity contribution in [2.24, 2.45) is 0 Å². The minimum Gasteiger partial charge on any atom is -0.434 e. The van der Waals surface area contributed by atoms with Crippen LogP contribution in [-0.2, 0) is 4.74 Å². The van der Waals surface area contributed by atoms with Gasteiger partial charge in [0.1, 0.15) is 13.1 Å². The zero-order valence-corrected chi connectivity index (χ0v) is 14.7. The molecular formula is C18H22Cl2NO2+. The van der Waals surface area contributed by atoms with E-state index in [2.05, 4.69) is 6.08 Å². The van der Waals surface area contributed by atoms with Crippen molar-refractivity contribution in [3.05, 3.63) is 33.3 Å². The summed E-state index contributed by atoms with van der Waals surface area (Å²) >= 11 is 12.6. The number of morpholine rings is 1. The molecule has 2 aliphatic heterocycles. The van der Waals surface area contributed by atoms with Crippen molar-refractivity contribution >= 4 is 29.3 Å². The molecule has 0 unspecified atom stereocenters. The van der Waals surface area contributed by atoms with E-state index in [0.29, 0.717) is 10.0 Å². The van der Waals surface area contributed by atoms with Crippen LogP contribution in [0, 0.1) is 0 Å². The first kappa shape index (κ1) is 15.8. The molecule has 0 radical (unpaired) electrons. The average Bonchev–Trinajstić information content (AvgIpc) is 2.77. The van der Waals surface area contributed by atoms with E-state index in [9.17, 15) is 0 Å². The fourth-order valence-corrected chi connectivity index (χ4v) is 4.74. The van der Waals surface area contributed by atoms with Crippen LogP contribution in [0.4, 0.5) is 0 Å². The molecule has 1 atom stereocenters. The molecule has 1 aromatic rings. The molecule has 5 heteroatoms. The lowest BCUT2D eigenvalue weighted by Crippen LogP contribution is -3.23. The van der Waals surface area contributed by atoms with Crippen LogP contribution in [0.5, 0.6) is 5.75 Å². The van der Waals surface area contributed by atoms with Crippen LogP contribution in [0.25, 0.3) is 6.08 Å². The quantitative estimate of drug-likeness (QED) is 0.835. The highest BCUT2D eigenvalue weighted by Crippen LogP contribution is 2.44. The third kappa shape index (κ3) is 2.78. The summed E-state index contributed by atoms with van der Waals surface area (Å²) in [4.78, 5) is 1.48. The highest BCUT2D eigenvalue weighted by atomic mass is 35.5. The van der Waals surface area contributed by atoms with Gasteiger partial charge in [-0.1, -0.05) is 29.6 Å². The van der Waals surface area contributed by atoms with Crippen LogP contribution in [0.2, 0.25) is 10.0 Å². The molecule has 4 rings (SSSR count). The highest BCUT2D eigenvalue weighted by molar-refractivity contribution is 6.36. The van der Waals surface area contributed by atoms with Gasteiger partial charge in [-0.15, -0.1) is 0 Å². The standard InChI is InChI=1S/C18H21Cl2NO2/c19-15-11-13-10-14-4-2-1-3-5-18(14,21-6-8-22-9-7-21)23-17(13)16(20)12-15/h10-12H,1-9H2/p+1/t18-/m1/s1. The Kier molecular flexibility index (Phi) is 4.31. The number of ether oxygens (including phenoxy) is 2. The molecule has 0 amide bonds. The molecule has 23 heavy (non-hydrogen) atoms. The number of nitrogens with one attached hydrogen (secondary N) is 1. The summed E-state index contributed by atoms with van der Waals surface area (Å²) in [6, 6.07) is 3.74. The Bertz CT molecular complexity index is 640. The summed E-state index contributed by atoms with van der Waals surface area (Å²) in [5.41, 5.74) is 2.14. The van der Waals surface area contributed by atoms with Crippen molar-refractivity contribution in [2.75, 3.05) is 26.3 Å². The molecule has 1 aliphatic carbocycles. The predicted molar refractivity (Wildman–Crippen MR) is 92.4 cm³/mol. The first-order valence-corrected chi connectivity index (χ1v) is 9.27. The van der Waals surface area contributed by atoms with E-state index < -0.39 is 0 Å². The minimum atomic E-state index is -0.273. The lowest BCUT2D eigenvalue weighted by Gasteiger charge is -2.45. The maximum Gasteiger partial charge on any atom is 0.264 e. The van der Waals surface area contributed by atoms with Gasteiger partial charge in [0.25, 0.3) is 5.72 Å². The SMILES string of the molecule is Clc1cc(Cl)c2c(c1)C=C1CCCCC[C@@]1([NH+]1CCOCC1)O2. The number of quaternary nitrogens is 1. The first-order chi connectivity index (χ1) is 11.2. The van der Waals surface area contributed by atoms with Crippen molar-refractivity contribution in [2.45, 2.75) is 37.8 Å². The molecule has 1 aromatic carbocycles. The third-order valence-electron chi connectivity index (χ3n) is 5.30. The predicted octanol–water partition coefficient (Wildman–Crippen LogP) is 3.34. The van der Waals surface area contributed by atoms with E-state index in [4.69, 9.17) is 32.7 Å². The molecule has 124 valence electrons. The normalized spacial score (nSPS) is 28.2. The number of rotatable bonds is 1. The largest absolute Gasteiger partial charge is 0.434 e. The van der Waals surface area contributed by atoms with Crippen molar-refractivity contribution in [1.29, 1.82) is 0 Å². The van der Waals surface area contributed by atoms with Gasteiger partial charge in [-0.2, -0.15) is 0 Å². The van der Waals surface area contributed by atoms with Crippen LogP contribution in [0.3, 0.4) is 0 Å². The van der Waals surface area contributed by atoms with Crippen LogP contribution in [0.15, 0.2) is 17.7 Å². The number of hydrogen-bond donors (Lipinski definition) is 1. The van der Waals surface area contributed by atoms with Crippen LogP contribution >= 0.6 is 23.2 Å². The fourth-order valence-electron chi connectivity index (χ4n) is 4.19. The second-order valence-corrected chi connectivity index (χ2v) is 7.52. The molecule has 1 N–H and O–H groups in total. The van der Waals surface area contributed by atoms with Crippen LogP contribution < -0.4 is 9.64 Å². The van der Waals surface area contributed by atoms with Gasteiger partial charge in [0.2, 0.25) is 0 Å². The Hall–Kier alpha value is -0.740. The van der Waals surface area contributed by atoms with Gasteiger partial charge in [-0.05, 0) is 37.5 Å². The van der Waals surface area contributed by atoms with Gasteiger partial charge in [0, 0.05) is 22.6 Å². The Morgan fingerprint density at radius 3 is 2.70 bits per heavy atom. The van der Waals surface area contributed by atoms with E-state index in [0.717, 1.165) is 50.5 Å². The maximum absolute atomic E-state index is 6.68. The summed E-state index contributed by atoms with van der Waals surface area (Å²) in [6.07, 6.45) is 8.11. The number of benzene rings is 1. The van der Waals surface area contributed by atoms with Gasteiger partial charge >= 0.3 is 0 Å². The lowest BCUT2D eigenvalue weighted by atomic mass is 9.90.